The Labute approximate surface area is 161 Å². The van der Waals surface area contributed by atoms with E-state index >= 15 is 0 Å². The van der Waals surface area contributed by atoms with Gasteiger partial charge in [-0.3, -0.25) is 9.54 Å². The van der Waals surface area contributed by atoms with Crippen LogP contribution in [-0.2, 0) is 10.1 Å². The number of rotatable bonds is 4. The van der Waals surface area contributed by atoms with Crippen LogP contribution < -0.4 is 14.8 Å². The molecule has 0 radical (unpaired) electrons. The number of benzene rings is 1. The predicted octanol–water partition coefficient (Wildman–Crippen LogP) is 3.33. The highest BCUT2D eigenvalue weighted by Gasteiger charge is 2.21. The summed E-state index contributed by atoms with van der Waals surface area (Å²) in [6.07, 6.45) is 3.33. The van der Waals surface area contributed by atoms with E-state index in [0.717, 1.165) is 11.5 Å². The standard InChI is InChI=1S/C13H13NO5S2.C5H5N/c15-21(16,17)11-3-1-2-9(4-11)14-5-10-6-18-12-7-20-8-13(12)19-10;1-2-4-6-5-3-1/h1-4,7-8,10,14H,5-6H2,(H,15,16,17);1-5H. The Morgan fingerprint density at radius 2 is 1.93 bits per heavy atom. The number of nitrogens with zero attached hydrogens (tertiary/aromatic N) is 1. The SMILES string of the molecule is O=S(=O)(O)c1cccc(NCC2COc3cscc3O2)c1.c1ccncc1. The Hall–Kier alpha value is -2.62. The summed E-state index contributed by atoms with van der Waals surface area (Å²) >= 11 is 1.51. The van der Waals surface area contributed by atoms with E-state index in [0.29, 0.717) is 18.8 Å². The zero-order chi connectivity index (χ0) is 19.1. The van der Waals surface area contributed by atoms with Gasteiger partial charge < -0.3 is 14.8 Å². The molecule has 1 unspecified atom stereocenters. The van der Waals surface area contributed by atoms with Crippen LogP contribution in [0.25, 0.3) is 0 Å². The maximum atomic E-state index is 11.1. The van der Waals surface area contributed by atoms with Crippen LogP contribution in [0.15, 0.2) is 70.5 Å². The van der Waals surface area contributed by atoms with Crippen LogP contribution in [0.1, 0.15) is 0 Å². The number of hydrogen-bond acceptors (Lipinski definition) is 7. The van der Waals surface area contributed by atoms with Gasteiger partial charge in [-0.1, -0.05) is 12.1 Å². The average molecular weight is 406 g/mol. The number of fused-ring (bicyclic) bond motifs is 1. The van der Waals surface area contributed by atoms with Gasteiger partial charge in [-0.2, -0.15) is 8.42 Å². The molecule has 0 spiro atoms. The Balaban J connectivity index is 0.000000299. The van der Waals surface area contributed by atoms with Crippen LogP contribution in [0.4, 0.5) is 5.69 Å². The highest BCUT2D eigenvalue weighted by molar-refractivity contribution is 7.85. The van der Waals surface area contributed by atoms with E-state index < -0.39 is 10.1 Å². The maximum absolute atomic E-state index is 11.1. The summed E-state index contributed by atoms with van der Waals surface area (Å²) < 4.78 is 42.5. The van der Waals surface area contributed by atoms with Crippen LogP contribution in [0.2, 0.25) is 0 Å². The monoisotopic (exact) mass is 406 g/mol. The van der Waals surface area contributed by atoms with Crippen molar-refractivity contribution in [2.24, 2.45) is 0 Å². The molecule has 0 saturated heterocycles. The highest BCUT2D eigenvalue weighted by atomic mass is 32.2. The molecule has 3 aromatic rings. The Kier molecular flexibility index (Phi) is 6.28. The van der Waals surface area contributed by atoms with Gasteiger partial charge in [0.15, 0.2) is 11.5 Å². The minimum Gasteiger partial charge on any atom is -0.485 e. The summed E-state index contributed by atoms with van der Waals surface area (Å²) in [5, 5.41) is 6.83. The molecule has 1 aliphatic heterocycles. The lowest BCUT2D eigenvalue weighted by Crippen LogP contribution is -2.34. The summed E-state index contributed by atoms with van der Waals surface area (Å²) in [4.78, 5) is 3.64. The molecule has 142 valence electrons. The maximum Gasteiger partial charge on any atom is 0.294 e. The summed E-state index contributed by atoms with van der Waals surface area (Å²) in [5.74, 6) is 1.48. The van der Waals surface area contributed by atoms with E-state index in [1.54, 1.807) is 24.5 Å². The van der Waals surface area contributed by atoms with Crippen molar-refractivity contribution < 1.29 is 22.4 Å². The van der Waals surface area contributed by atoms with Crippen LogP contribution >= 0.6 is 11.3 Å². The summed E-state index contributed by atoms with van der Waals surface area (Å²) in [6, 6.07) is 11.7. The third-order valence-corrected chi connectivity index (χ3v) is 5.09. The first-order chi connectivity index (χ1) is 13.0. The largest absolute Gasteiger partial charge is 0.485 e. The molecule has 2 N–H and O–H groups in total. The number of ether oxygens (including phenoxy) is 2. The number of nitrogens with one attached hydrogen (secondary N) is 1. The fraction of sp³-hybridized carbons (Fsp3) is 0.167. The molecule has 1 aliphatic rings. The smallest absolute Gasteiger partial charge is 0.294 e. The molecule has 27 heavy (non-hydrogen) atoms. The topological polar surface area (TPSA) is 97.8 Å². The summed E-state index contributed by atoms with van der Waals surface area (Å²) in [6.45, 7) is 0.888. The van der Waals surface area contributed by atoms with Crippen LogP contribution in [0, 0.1) is 0 Å². The zero-order valence-corrected chi connectivity index (χ0v) is 15.8. The number of aromatic nitrogens is 1. The summed E-state index contributed by atoms with van der Waals surface area (Å²) in [5.41, 5.74) is 0.588. The molecule has 7 nitrogen and oxygen atoms in total. The Morgan fingerprint density at radius 1 is 1.15 bits per heavy atom. The number of hydrogen-bond donors (Lipinski definition) is 2. The van der Waals surface area contributed by atoms with Crippen molar-refractivity contribution in [2.75, 3.05) is 18.5 Å². The van der Waals surface area contributed by atoms with Gasteiger partial charge in [-0.15, -0.1) is 11.3 Å². The van der Waals surface area contributed by atoms with Crippen molar-refractivity contribution in [2.45, 2.75) is 11.0 Å². The molecular formula is C18H18N2O5S2. The molecular weight excluding hydrogens is 388 g/mol. The second kappa shape index (κ2) is 8.85. The van der Waals surface area contributed by atoms with Gasteiger partial charge in [0.2, 0.25) is 0 Å². The van der Waals surface area contributed by atoms with Crippen molar-refractivity contribution in [1.82, 2.24) is 4.98 Å². The quantitative estimate of drug-likeness (QED) is 0.641. The third kappa shape index (κ3) is 5.68. The normalized spacial score (nSPS) is 15.4. The first-order valence-corrected chi connectivity index (χ1v) is 10.4. The van der Waals surface area contributed by atoms with E-state index in [2.05, 4.69) is 10.3 Å². The van der Waals surface area contributed by atoms with Gasteiger partial charge in [-0.25, -0.2) is 0 Å². The van der Waals surface area contributed by atoms with Crippen LogP contribution in [-0.4, -0.2) is 37.2 Å². The molecule has 2 aromatic heterocycles. The summed E-state index contributed by atoms with van der Waals surface area (Å²) in [7, 11) is -4.20. The minimum absolute atomic E-state index is 0.145. The average Bonchev–Trinajstić information content (AvgIpc) is 3.16. The van der Waals surface area contributed by atoms with E-state index in [-0.39, 0.29) is 11.0 Å². The highest BCUT2D eigenvalue weighted by Crippen LogP contribution is 2.35. The molecule has 4 rings (SSSR count). The molecule has 9 heteroatoms. The van der Waals surface area contributed by atoms with Gasteiger partial charge in [0, 0.05) is 28.8 Å². The second-order valence-electron chi connectivity index (χ2n) is 5.56. The molecule has 0 amide bonds. The molecule has 0 fully saturated rings. The molecule has 0 bridgehead atoms. The fourth-order valence-electron chi connectivity index (χ4n) is 2.27. The van der Waals surface area contributed by atoms with Crippen LogP contribution in [0.3, 0.4) is 0 Å². The first-order valence-electron chi connectivity index (χ1n) is 8.04. The van der Waals surface area contributed by atoms with Crippen molar-refractivity contribution >= 4 is 27.1 Å². The second-order valence-corrected chi connectivity index (χ2v) is 7.72. The minimum atomic E-state index is -4.20. The van der Waals surface area contributed by atoms with E-state index in [4.69, 9.17) is 14.0 Å². The van der Waals surface area contributed by atoms with E-state index in [1.165, 1.54) is 23.5 Å². The molecule has 0 saturated carbocycles. The van der Waals surface area contributed by atoms with Gasteiger partial charge in [0.25, 0.3) is 10.1 Å². The lowest BCUT2D eigenvalue weighted by Gasteiger charge is -2.25. The van der Waals surface area contributed by atoms with Gasteiger partial charge in [0.1, 0.15) is 12.7 Å². The van der Waals surface area contributed by atoms with Crippen molar-refractivity contribution in [1.29, 1.82) is 0 Å². The van der Waals surface area contributed by atoms with E-state index in [9.17, 15) is 8.42 Å². The Morgan fingerprint density at radius 3 is 2.59 bits per heavy atom. The lowest BCUT2D eigenvalue weighted by molar-refractivity contribution is 0.101. The van der Waals surface area contributed by atoms with Crippen molar-refractivity contribution in [3.8, 4) is 11.5 Å². The number of pyridine rings is 1. The first kappa shape index (κ1) is 19.2. The van der Waals surface area contributed by atoms with E-state index in [1.807, 2.05) is 29.0 Å². The van der Waals surface area contributed by atoms with Gasteiger partial charge in [-0.05, 0) is 30.3 Å². The predicted molar refractivity (Wildman–Crippen MR) is 103 cm³/mol. The molecule has 1 aromatic carbocycles. The van der Waals surface area contributed by atoms with Gasteiger partial charge in [0.05, 0.1) is 11.4 Å². The lowest BCUT2D eigenvalue weighted by atomic mass is 10.3. The fourth-order valence-corrected chi connectivity index (χ4v) is 3.47. The van der Waals surface area contributed by atoms with Gasteiger partial charge >= 0.3 is 0 Å². The van der Waals surface area contributed by atoms with Crippen molar-refractivity contribution in [3.05, 3.63) is 65.6 Å². The molecule has 3 heterocycles. The molecule has 1 atom stereocenters. The Bertz CT molecular complexity index is 934. The number of anilines is 1. The van der Waals surface area contributed by atoms with Crippen LogP contribution in [0.5, 0.6) is 11.5 Å². The molecule has 0 aliphatic carbocycles. The third-order valence-electron chi connectivity index (χ3n) is 3.54. The number of thiophene rings is 1. The van der Waals surface area contributed by atoms with Crippen molar-refractivity contribution in [3.63, 3.8) is 0 Å². The zero-order valence-electron chi connectivity index (χ0n) is 14.2.